The van der Waals surface area contributed by atoms with Crippen LogP contribution in [0.15, 0.2) is 29.2 Å². The summed E-state index contributed by atoms with van der Waals surface area (Å²) in [5, 5.41) is 13.3. The fourth-order valence-electron chi connectivity index (χ4n) is 2.02. The minimum atomic E-state index is -5.08. The number of nitrogens with one attached hydrogen (secondary N) is 2. The highest BCUT2D eigenvalue weighted by Gasteiger charge is 2.39. The van der Waals surface area contributed by atoms with Gasteiger partial charge < -0.3 is 20.6 Å². The van der Waals surface area contributed by atoms with Gasteiger partial charge >= 0.3 is 18.3 Å². The zero-order valence-corrected chi connectivity index (χ0v) is 17.0. The van der Waals surface area contributed by atoms with Crippen molar-refractivity contribution in [3.8, 4) is 22.9 Å². The van der Waals surface area contributed by atoms with Crippen molar-refractivity contribution in [3.63, 3.8) is 0 Å². The monoisotopic (exact) mass is 519 g/mol. The Morgan fingerprint density at radius 1 is 1.12 bits per heavy atom. The number of nitrogens with two attached hydrogens (primary N) is 1. The highest BCUT2D eigenvalue weighted by molar-refractivity contribution is 6.42. The summed E-state index contributed by atoms with van der Waals surface area (Å²) in [6.07, 6.45) is -8.92. The zero-order valence-electron chi connectivity index (χ0n) is 15.5. The number of rotatable bonds is 3. The van der Waals surface area contributed by atoms with Crippen LogP contribution in [0.4, 0.5) is 32.2 Å². The van der Waals surface area contributed by atoms with E-state index in [4.69, 9.17) is 43.6 Å². The molecule has 0 bridgehead atoms. The van der Waals surface area contributed by atoms with Crippen LogP contribution in [0.2, 0.25) is 10.0 Å². The van der Waals surface area contributed by atoms with E-state index >= 15 is 0 Å². The van der Waals surface area contributed by atoms with Crippen molar-refractivity contribution < 1.29 is 41.0 Å². The SMILES string of the molecule is Nc1[nH]ncc1-c1nc(C(F)(F)F)c(Oc2ccc(Cl)c(Cl)c2)c(=O)[nH]1.O=C(O)C(F)(F)F. The Morgan fingerprint density at radius 3 is 2.18 bits per heavy atom. The first-order valence-electron chi connectivity index (χ1n) is 8.05. The number of benzene rings is 1. The van der Waals surface area contributed by atoms with Gasteiger partial charge in [-0.15, -0.1) is 0 Å². The molecule has 33 heavy (non-hydrogen) atoms. The van der Waals surface area contributed by atoms with E-state index < -0.39 is 41.1 Å². The first kappa shape index (κ1) is 25.8. The third-order valence-electron chi connectivity index (χ3n) is 3.42. The van der Waals surface area contributed by atoms with Gasteiger partial charge in [0.2, 0.25) is 5.75 Å². The van der Waals surface area contributed by atoms with Crippen LogP contribution in [-0.2, 0) is 11.0 Å². The van der Waals surface area contributed by atoms with Gasteiger partial charge in [-0.3, -0.25) is 9.89 Å². The van der Waals surface area contributed by atoms with E-state index in [2.05, 4.69) is 20.2 Å². The van der Waals surface area contributed by atoms with Crippen molar-refractivity contribution in [2.75, 3.05) is 5.73 Å². The molecule has 0 aliphatic carbocycles. The van der Waals surface area contributed by atoms with E-state index in [0.717, 1.165) is 6.20 Å². The zero-order chi connectivity index (χ0) is 25.1. The number of nitrogen functional groups attached to an aromatic ring is 1. The van der Waals surface area contributed by atoms with Gasteiger partial charge in [0.15, 0.2) is 5.69 Å². The lowest BCUT2D eigenvalue weighted by Gasteiger charge is -2.13. The molecule has 0 aliphatic rings. The molecule has 0 spiro atoms. The summed E-state index contributed by atoms with van der Waals surface area (Å²) in [7, 11) is 0. The Hall–Kier alpha value is -3.46. The molecule has 5 N–H and O–H groups in total. The van der Waals surface area contributed by atoms with E-state index in [1.807, 2.05) is 0 Å². The van der Waals surface area contributed by atoms with Crippen LogP contribution in [0, 0.1) is 0 Å². The van der Waals surface area contributed by atoms with Crippen LogP contribution in [0.1, 0.15) is 5.69 Å². The van der Waals surface area contributed by atoms with E-state index in [0.29, 0.717) is 0 Å². The average molecular weight is 520 g/mol. The first-order valence-corrected chi connectivity index (χ1v) is 8.80. The molecule has 0 amide bonds. The summed E-state index contributed by atoms with van der Waals surface area (Å²) in [5.74, 6) is -4.38. The lowest BCUT2D eigenvalue weighted by molar-refractivity contribution is -0.192. The molecule has 1 aromatic carbocycles. The summed E-state index contributed by atoms with van der Waals surface area (Å²) in [6.45, 7) is 0. The summed E-state index contributed by atoms with van der Waals surface area (Å²) in [6, 6.07) is 3.75. The summed E-state index contributed by atoms with van der Waals surface area (Å²) in [5.41, 5.74) is 2.88. The summed E-state index contributed by atoms with van der Waals surface area (Å²) >= 11 is 11.5. The molecule has 3 aromatic rings. The Morgan fingerprint density at radius 2 is 1.73 bits per heavy atom. The van der Waals surface area contributed by atoms with E-state index in [9.17, 15) is 31.1 Å². The predicted octanol–water partition coefficient (Wildman–Crippen LogP) is 4.49. The number of anilines is 1. The number of hydrogen-bond donors (Lipinski definition) is 4. The number of carboxylic acid groups (broad SMARTS) is 1. The Balaban J connectivity index is 0.000000479. The minimum absolute atomic E-state index is 0.00804. The molecule has 0 unspecified atom stereocenters. The largest absolute Gasteiger partial charge is 0.490 e. The smallest absolute Gasteiger partial charge is 0.475 e. The van der Waals surface area contributed by atoms with E-state index in [1.165, 1.54) is 18.2 Å². The average Bonchev–Trinajstić information content (AvgIpc) is 3.11. The van der Waals surface area contributed by atoms with Crippen molar-refractivity contribution in [2.45, 2.75) is 12.4 Å². The quantitative estimate of drug-likeness (QED) is 0.372. The Kier molecular flexibility index (Phi) is 7.49. The molecule has 0 radical (unpaired) electrons. The number of ether oxygens (including phenoxy) is 1. The number of alkyl halides is 6. The molecule has 0 atom stereocenters. The maximum Gasteiger partial charge on any atom is 0.490 e. The van der Waals surface area contributed by atoms with Gasteiger partial charge in [-0.1, -0.05) is 23.2 Å². The molecule has 2 aromatic heterocycles. The van der Waals surface area contributed by atoms with Gasteiger partial charge in [-0.05, 0) is 12.1 Å². The molecule has 9 nitrogen and oxygen atoms in total. The number of aromatic amines is 2. The predicted molar refractivity (Wildman–Crippen MR) is 102 cm³/mol. The molecule has 0 fully saturated rings. The summed E-state index contributed by atoms with van der Waals surface area (Å²) in [4.78, 5) is 26.7. The number of halogens is 8. The number of aromatic nitrogens is 4. The van der Waals surface area contributed by atoms with Crippen molar-refractivity contribution in [3.05, 3.63) is 50.5 Å². The number of aliphatic carboxylic acids is 1. The van der Waals surface area contributed by atoms with Crippen LogP contribution < -0.4 is 16.0 Å². The second-order valence-electron chi connectivity index (χ2n) is 5.77. The third kappa shape index (κ3) is 6.52. The molecule has 0 saturated heterocycles. The van der Waals surface area contributed by atoms with Crippen molar-refractivity contribution >= 4 is 35.0 Å². The number of hydrogen-bond acceptors (Lipinski definition) is 6. The summed E-state index contributed by atoms with van der Waals surface area (Å²) < 4.78 is 77.0. The standard InChI is InChI=1S/C14H8Cl2F3N5O2.C2HF3O2/c15-7-2-1-5(3-8(7)16)26-9-10(14(17,18)19)22-12(23-13(9)25)6-4-21-24-11(6)20;3-2(4,5)1(6)7/h1-4H,(H3,20,21,24)(H,22,23,25);(H,6,7). The number of H-pyrrole nitrogens is 2. The van der Waals surface area contributed by atoms with Crippen LogP contribution in [0.25, 0.3) is 11.4 Å². The van der Waals surface area contributed by atoms with Gasteiger partial charge in [-0.2, -0.15) is 31.4 Å². The fraction of sp³-hybridized carbons (Fsp3) is 0.125. The van der Waals surface area contributed by atoms with Gasteiger partial charge in [0.25, 0.3) is 5.56 Å². The first-order chi connectivity index (χ1) is 15.1. The second kappa shape index (κ2) is 9.58. The highest BCUT2D eigenvalue weighted by atomic mass is 35.5. The molecule has 17 heteroatoms. The Bertz CT molecular complexity index is 1230. The normalized spacial score (nSPS) is 11.5. The molecule has 0 aliphatic heterocycles. The van der Waals surface area contributed by atoms with Crippen LogP contribution in [-0.4, -0.2) is 37.4 Å². The second-order valence-corrected chi connectivity index (χ2v) is 6.58. The Labute approximate surface area is 188 Å². The molecular weight excluding hydrogens is 511 g/mol. The molecule has 0 saturated carbocycles. The number of carbonyl (C=O) groups is 1. The van der Waals surface area contributed by atoms with Crippen molar-refractivity contribution in [2.24, 2.45) is 0 Å². The topological polar surface area (TPSA) is 147 Å². The van der Waals surface area contributed by atoms with Crippen LogP contribution in [0.3, 0.4) is 0 Å². The lowest BCUT2D eigenvalue weighted by Crippen LogP contribution is -2.21. The molecule has 3 rings (SSSR count). The molecule has 178 valence electrons. The maximum absolute atomic E-state index is 13.4. The van der Waals surface area contributed by atoms with Gasteiger partial charge in [-0.25, -0.2) is 9.78 Å². The van der Waals surface area contributed by atoms with Crippen LogP contribution >= 0.6 is 23.2 Å². The van der Waals surface area contributed by atoms with Crippen molar-refractivity contribution in [1.29, 1.82) is 0 Å². The van der Waals surface area contributed by atoms with Crippen molar-refractivity contribution in [1.82, 2.24) is 20.2 Å². The van der Waals surface area contributed by atoms with Gasteiger partial charge in [0.05, 0.1) is 21.8 Å². The van der Waals surface area contributed by atoms with E-state index in [-0.39, 0.29) is 27.2 Å². The maximum atomic E-state index is 13.4. The van der Waals surface area contributed by atoms with Gasteiger partial charge in [0, 0.05) is 6.07 Å². The van der Waals surface area contributed by atoms with Gasteiger partial charge in [0.1, 0.15) is 17.4 Å². The number of carboxylic acids is 1. The lowest BCUT2D eigenvalue weighted by atomic mass is 10.2. The number of nitrogens with zero attached hydrogens (tertiary/aromatic N) is 2. The van der Waals surface area contributed by atoms with E-state index in [1.54, 1.807) is 0 Å². The molecule has 2 heterocycles. The van der Waals surface area contributed by atoms with Crippen LogP contribution in [0.5, 0.6) is 11.5 Å². The fourth-order valence-corrected chi connectivity index (χ4v) is 2.31. The highest BCUT2D eigenvalue weighted by Crippen LogP contribution is 2.37. The minimum Gasteiger partial charge on any atom is -0.475 e. The third-order valence-corrected chi connectivity index (χ3v) is 4.16. The molecular formula is C16H9Cl2F6N5O4.